The van der Waals surface area contributed by atoms with Gasteiger partial charge in [-0.15, -0.1) is 0 Å². The molecule has 0 bridgehead atoms. The molecule has 2 rings (SSSR count). The smallest absolute Gasteiger partial charge is 0.150 e. The van der Waals surface area contributed by atoms with Crippen LogP contribution < -0.4 is 5.32 Å². The molecule has 2 fully saturated rings. The Morgan fingerprint density at radius 3 is 2.53 bits per heavy atom. The number of hydrogen-bond acceptors (Lipinski definition) is 4. The van der Waals surface area contributed by atoms with Gasteiger partial charge in [-0.3, -0.25) is 4.90 Å². The summed E-state index contributed by atoms with van der Waals surface area (Å²) < 4.78 is 23.3. The SMILES string of the molecule is CC(CNC1CCCC(S(C)(=O)=O)C1)N(C)C1CC1. The highest BCUT2D eigenvalue weighted by Crippen LogP contribution is 2.27. The minimum atomic E-state index is -2.87. The average Bonchev–Trinajstić information content (AvgIpc) is 3.18. The summed E-state index contributed by atoms with van der Waals surface area (Å²) in [4.78, 5) is 2.45. The van der Waals surface area contributed by atoms with Crippen LogP contribution in [0.4, 0.5) is 0 Å². The zero-order valence-corrected chi connectivity index (χ0v) is 13.2. The van der Waals surface area contributed by atoms with Gasteiger partial charge in [0.05, 0.1) is 5.25 Å². The highest BCUT2D eigenvalue weighted by molar-refractivity contribution is 7.91. The van der Waals surface area contributed by atoms with Crippen molar-refractivity contribution in [2.45, 2.75) is 68.8 Å². The van der Waals surface area contributed by atoms with Crippen molar-refractivity contribution in [3.8, 4) is 0 Å². The molecule has 0 aromatic carbocycles. The summed E-state index contributed by atoms with van der Waals surface area (Å²) in [5, 5.41) is 3.45. The maximum atomic E-state index is 11.6. The van der Waals surface area contributed by atoms with Crippen molar-refractivity contribution in [1.82, 2.24) is 10.2 Å². The lowest BCUT2D eigenvalue weighted by Crippen LogP contribution is -2.45. The molecule has 0 radical (unpaired) electrons. The van der Waals surface area contributed by atoms with E-state index >= 15 is 0 Å². The molecule has 0 aromatic rings. The molecule has 0 amide bonds. The molecule has 0 aliphatic heterocycles. The Morgan fingerprint density at radius 1 is 1.26 bits per heavy atom. The number of hydrogen-bond donors (Lipinski definition) is 1. The summed E-state index contributed by atoms with van der Waals surface area (Å²) in [6.45, 7) is 3.22. The van der Waals surface area contributed by atoms with Gasteiger partial charge in [-0.1, -0.05) is 6.42 Å². The number of rotatable bonds is 6. The standard InChI is InChI=1S/C14H28N2O2S/c1-11(16(2)13-7-8-13)10-15-12-5-4-6-14(9-12)19(3,17)18/h11-15H,4-10H2,1-3H3. The molecule has 4 nitrogen and oxygen atoms in total. The van der Waals surface area contributed by atoms with Gasteiger partial charge in [0.1, 0.15) is 9.84 Å². The van der Waals surface area contributed by atoms with Gasteiger partial charge in [0.2, 0.25) is 0 Å². The predicted molar refractivity (Wildman–Crippen MR) is 79.1 cm³/mol. The second kappa shape index (κ2) is 6.10. The van der Waals surface area contributed by atoms with Crippen LogP contribution in [-0.2, 0) is 9.84 Å². The molecule has 5 heteroatoms. The lowest BCUT2D eigenvalue weighted by Gasteiger charge is -2.31. The first-order chi connectivity index (χ1) is 8.88. The summed E-state index contributed by atoms with van der Waals surface area (Å²) in [6.07, 6.45) is 7.83. The van der Waals surface area contributed by atoms with Gasteiger partial charge in [-0.25, -0.2) is 8.42 Å². The molecule has 0 heterocycles. The van der Waals surface area contributed by atoms with Crippen LogP contribution in [0.3, 0.4) is 0 Å². The molecule has 2 aliphatic rings. The van der Waals surface area contributed by atoms with Crippen LogP contribution in [0.1, 0.15) is 45.4 Å². The van der Waals surface area contributed by atoms with E-state index in [0.29, 0.717) is 12.1 Å². The third-order valence-corrected chi connectivity index (χ3v) is 6.39. The van der Waals surface area contributed by atoms with E-state index in [1.165, 1.54) is 19.1 Å². The number of nitrogens with zero attached hydrogens (tertiary/aromatic N) is 1. The van der Waals surface area contributed by atoms with Gasteiger partial charge in [0.15, 0.2) is 0 Å². The highest BCUT2D eigenvalue weighted by atomic mass is 32.2. The van der Waals surface area contributed by atoms with Gasteiger partial charge in [0.25, 0.3) is 0 Å². The van der Waals surface area contributed by atoms with Crippen molar-refractivity contribution in [3.05, 3.63) is 0 Å². The predicted octanol–water partition coefficient (Wildman–Crippen LogP) is 1.41. The fraction of sp³-hybridized carbons (Fsp3) is 1.00. The fourth-order valence-electron chi connectivity index (χ4n) is 3.04. The van der Waals surface area contributed by atoms with Crippen LogP contribution in [0.15, 0.2) is 0 Å². The first kappa shape index (κ1) is 15.3. The first-order valence-corrected chi connectivity index (χ1v) is 9.47. The van der Waals surface area contributed by atoms with Crippen molar-refractivity contribution >= 4 is 9.84 Å². The van der Waals surface area contributed by atoms with E-state index in [1.807, 2.05) is 0 Å². The molecule has 0 spiro atoms. The van der Waals surface area contributed by atoms with E-state index in [9.17, 15) is 8.42 Å². The third-order valence-electron chi connectivity index (χ3n) is 4.75. The molecule has 19 heavy (non-hydrogen) atoms. The summed E-state index contributed by atoms with van der Waals surface area (Å²) in [5.41, 5.74) is 0. The largest absolute Gasteiger partial charge is 0.312 e. The van der Waals surface area contributed by atoms with Crippen LogP contribution in [-0.4, -0.2) is 56.5 Å². The second-order valence-corrected chi connectivity index (χ2v) is 8.79. The molecule has 3 unspecified atom stereocenters. The molecule has 1 N–H and O–H groups in total. The van der Waals surface area contributed by atoms with E-state index in [4.69, 9.17) is 0 Å². The Balaban J connectivity index is 1.76. The second-order valence-electron chi connectivity index (χ2n) is 6.47. The molecule has 112 valence electrons. The first-order valence-electron chi connectivity index (χ1n) is 7.52. The van der Waals surface area contributed by atoms with Crippen molar-refractivity contribution < 1.29 is 8.42 Å². The summed E-state index contributed by atoms with van der Waals surface area (Å²) in [7, 11) is -0.669. The van der Waals surface area contributed by atoms with E-state index < -0.39 is 9.84 Å². The van der Waals surface area contributed by atoms with Crippen molar-refractivity contribution in [2.24, 2.45) is 0 Å². The molecule has 0 aromatic heterocycles. The summed E-state index contributed by atoms with van der Waals surface area (Å²) >= 11 is 0. The van der Waals surface area contributed by atoms with Crippen LogP contribution >= 0.6 is 0 Å². The van der Waals surface area contributed by atoms with Crippen molar-refractivity contribution in [2.75, 3.05) is 19.8 Å². The molecular weight excluding hydrogens is 260 g/mol. The topological polar surface area (TPSA) is 49.4 Å². The maximum Gasteiger partial charge on any atom is 0.150 e. The number of likely N-dealkylation sites (N-methyl/N-ethyl adjacent to an activating group) is 1. The molecule has 3 atom stereocenters. The highest BCUT2D eigenvalue weighted by Gasteiger charge is 2.31. The van der Waals surface area contributed by atoms with E-state index in [0.717, 1.165) is 38.3 Å². The van der Waals surface area contributed by atoms with Gasteiger partial charge in [-0.2, -0.15) is 0 Å². The van der Waals surface area contributed by atoms with E-state index in [-0.39, 0.29) is 5.25 Å². The molecule has 2 aliphatic carbocycles. The summed E-state index contributed by atoms with van der Waals surface area (Å²) in [6, 6.07) is 1.70. The van der Waals surface area contributed by atoms with Gasteiger partial charge < -0.3 is 5.32 Å². The Bertz CT molecular complexity index is 392. The minimum Gasteiger partial charge on any atom is -0.312 e. The number of sulfone groups is 1. The molecule has 2 saturated carbocycles. The van der Waals surface area contributed by atoms with Gasteiger partial charge in [-0.05, 0) is 46.1 Å². The monoisotopic (exact) mass is 288 g/mol. The van der Waals surface area contributed by atoms with Gasteiger partial charge in [0, 0.05) is 30.9 Å². The van der Waals surface area contributed by atoms with Crippen LogP contribution in [0.25, 0.3) is 0 Å². The Morgan fingerprint density at radius 2 is 1.95 bits per heavy atom. The molecule has 0 saturated heterocycles. The van der Waals surface area contributed by atoms with E-state index in [1.54, 1.807) is 0 Å². The fourth-order valence-corrected chi connectivity index (χ4v) is 4.22. The summed E-state index contributed by atoms with van der Waals surface area (Å²) in [5.74, 6) is 0. The van der Waals surface area contributed by atoms with Crippen LogP contribution in [0.5, 0.6) is 0 Å². The lowest BCUT2D eigenvalue weighted by molar-refractivity contribution is 0.229. The zero-order chi connectivity index (χ0) is 14.0. The quantitative estimate of drug-likeness (QED) is 0.803. The lowest BCUT2D eigenvalue weighted by atomic mass is 9.95. The average molecular weight is 288 g/mol. The zero-order valence-electron chi connectivity index (χ0n) is 12.4. The van der Waals surface area contributed by atoms with Crippen LogP contribution in [0.2, 0.25) is 0 Å². The van der Waals surface area contributed by atoms with Crippen molar-refractivity contribution in [1.29, 1.82) is 0 Å². The molecular formula is C14H28N2O2S. The van der Waals surface area contributed by atoms with Crippen LogP contribution in [0, 0.1) is 0 Å². The minimum absolute atomic E-state index is 0.129. The van der Waals surface area contributed by atoms with Crippen molar-refractivity contribution in [3.63, 3.8) is 0 Å². The Kier molecular flexibility index (Phi) is 4.90. The van der Waals surface area contributed by atoms with E-state index in [2.05, 4.69) is 24.2 Å². The maximum absolute atomic E-state index is 11.6. The Hall–Kier alpha value is -0.130. The number of nitrogens with one attached hydrogen (secondary N) is 1. The van der Waals surface area contributed by atoms with Gasteiger partial charge >= 0.3 is 0 Å². The normalized spacial score (nSPS) is 30.5. The third kappa shape index (κ3) is 4.43. The Labute approximate surface area is 117 Å².